The van der Waals surface area contributed by atoms with E-state index in [4.69, 9.17) is 17.3 Å². The molecule has 4 saturated carbocycles. The molecule has 4 aliphatic carbocycles. The predicted molar refractivity (Wildman–Crippen MR) is 153 cm³/mol. The molecule has 1 aliphatic heterocycles. The highest BCUT2D eigenvalue weighted by atomic mass is 32.2. The van der Waals surface area contributed by atoms with Gasteiger partial charge in [0.05, 0.1) is 16.3 Å². The second-order valence-electron chi connectivity index (χ2n) is 11.5. The first-order valence-electron chi connectivity index (χ1n) is 13.5. The Morgan fingerprint density at radius 2 is 1.57 bits per heavy atom. The van der Waals surface area contributed by atoms with Crippen molar-refractivity contribution in [1.29, 1.82) is 0 Å². The average Bonchev–Trinajstić information content (AvgIpc) is 3.44. The summed E-state index contributed by atoms with van der Waals surface area (Å²) >= 11 is 7.10. The molecule has 4 nitrogen and oxygen atoms in total. The summed E-state index contributed by atoms with van der Waals surface area (Å²) in [7, 11) is 0. The summed E-state index contributed by atoms with van der Waals surface area (Å²) in [5.74, 6) is 2.52. The zero-order chi connectivity index (χ0) is 25.0. The van der Waals surface area contributed by atoms with Crippen LogP contribution in [0, 0.1) is 17.8 Å². The van der Waals surface area contributed by atoms with E-state index < -0.39 is 0 Å². The van der Waals surface area contributed by atoms with E-state index in [1.165, 1.54) is 61.5 Å². The SMILES string of the molecule is O=C1/C(=C/c2cn(-c3ccccc3)nc2C23CC4CC(CC(C4)C2)C3)SC(=S)N1CCc1ccccc1. The summed E-state index contributed by atoms with van der Waals surface area (Å²) in [4.78, 5) is 16.0. The highest BCUT2D eigenvalue weighted by Gasteiger charge is 2.53. The van der Waals surface area contributed by atoms with Crippen LogP contribution in [0.4, 0.5) is 0 Å². The summed E-state index contributed by atoms with van der Waals surface area (Å²) in [6, 6.07) is 20.6. The lowest BCUT2D eigenvalue weighted by Crippen LogP contribution is -2.49. The highest BCUT2D eigenvalue weighted by molar-refractivity contribution is 8.26. The molecule has 1 saturated heterocycles. The van der Waals surface area contributed by atoms with Crippen LogP contribution >= 0.6 is 24.0 Å². The van der Waals surface area contributed by atoms with Crippen LogP contribution in [0.25, 0.3) is 11.8 Å². The van der Waals surface area contributed by atoms with E-state index in [1.807, 2.05) is 28.9 Å². The van der Waals surface area contributed by atoms with Crippen molar-refractivity contribution >= 4 is 40.3 Å². The number of hydrogen-bond acceptors (Lipinski definition) is 4. The number of thiocarbonyl (C=S) groups is 1. The Hall–Kier alpha value is -2.70. The van der Waals surface area contributed by atoms with Crippen LogP contribution in [0.3, 0.4) is 0 Å². The van der Waals surface area contributed by atoms with Gasteiger partial charge in [-0.15, -0.1) is 0 Å². The van der Waals surface area contributed by atoms with Crippen LogP contribution in [-0.2, 0) is 16.6 Å². The van der Waals surface area contributed by atoms with Crippen molar-refractivity contribution in [3.05, 3.63) is 88.6 Å². The Balaban J connectivity index is 1.23. The summed E-state index contributed by atoms with van der Waals surface area (Å²) in [6.45, 7) is 0.608. The molecular formula is C31H31N3OS2. The molecule has 0 spiro atoms. The number of aromatic nitrogens is 2. The maximum Gasteiger partial charge on any atom is 0.266 e. The molecule has 8 rings (SSSR count). The van der Waals surface area contributed by atoms with Crippen molar-refractivity contribution in [2.24, 2.45) is 17.8 Å². The van der Waals surface area contributed by atoms with Crippen LogP contribution < -0.4 is 0 Å². The molecule has 2 aromatic carbocycles. The van der Waals surface area contributed by atoms with Gasteiger partial charge >= 0.3 is 0 Å². The Kier molecular flexibility index (Phi) is 5.85. The van der Waals surface area contributed by atoms with Gasteiger partial charge in [-0.05, 0) is 86.5 Å². The normalized spacial score (nSPS) is 29.6. The zero-order valence-electron chi connectivity index (χ0n) is 20.9. The molecule has 1 amide bonds. The number of thioether (sulfide) groups is 1. The molecule has 0 atom stereocenters. The minimum Gasteiger partial charge on any atom is -0.293 e. The van der Waals surface area contributed by atoms with Gasteiger partial charge in [-0.1, -0.05) is 72.5 Å². The van der Waals surface area contributed by atoms with E-state index in [0.29, 0.717) is 10.9 Å². The summed E-state index contributed by atoms with van der Waals surface area (Å²) in [5, 5.41) is 5.26. The lowest BCUT2D eigenvalue weighted by atomic mass is 9.48. The minimum absolute atomic E-state index is 0.0230. The molecule has 37 heavy (non-hydrogen) atoms. The van der Waals surface area contributed by atoms with Crippen molar-refractivity contribution in [2.75, 3.05) is 6.54 Å². The Morgan fingerprint density at radius 1 is 0.946 bits per heavy atom. The fourth-order valence-corrected chi connectivity index (χ4v) is 9.04. The minimum atomic E-state index is 0.0230. The van der Waals surface area contributed by atoms with Crippen molar-refractivity contribution in [3.8, 4) is 5.69 Å². The quantitative estimate of drug-likeness (QED) is 0.263. The number of hydrogen-bond donors (Lipinski definition) is 0. The molecule has 0 unspecified atom stereocenters. The average molecular weight is 526 g/mol. The van der Waals surface area contributed by atoms with Gasteiger partial charge in [-0.3, -0.25) is 9.69 Å². The maximum absolute atomic E-state index is 13.5. The van der Waals surface area contributed by atoms with Crippen molar-refractivity contribution in [1.82, 2.24) is 14.7 Å². The monoisotopic (exact) mass is 525 g/mol. The third-order valence-corrected chi connectivity index (χ3v) is 10.3. The van der Waals surface area contributed by atoms with E-state index in [-0.39, 0.29) is 11.3 Å². The molecule has 3 aromatic rings. The number of para-hydroxylation sites is 1. The number of carbonyl (C=O) groups excluding carboxylic acids is 1. The van der Waals surface area contributed by atoms with Crippen molar-refractivity contribution in [3.63, 3.8) is 0 Å². The first-order valence-corrected chi connectivity index (χ1v) is 14.7. The zero-order valence-corrected chi connectivity index (χ0v) is 22.5. The second-order valence-corrected chi connectivity index (χ2v) is 13.2. The lowest BCUT2D eigenvalue weighted by Gasteiger charge is -2.56. The number of carbonyl (C=O) groups is 1. The molecule has 188 valence electrons. The van der Waals surface area contributed by atoms with Crippen LogP contribution in [0.15, 0.2) is 71.8 Å². The topological polar surface area (TPSA) is 38.1 Å². The molecular weight excluding hydrogens is 494 g/mol. The fourth-order valence-electron chi connectivity index (χ4n) is 7.74. The predicted octanol–water partition coefficient (Wildman–Crippen LogP) is 6.78. The van der Waals surface area contributed by atoms with Gasteiger partial charge in [0.15, 0.2) is 0 Å². The van der Waals surface area contributed by atoms with E-state index in [9.17, 15) is 4.79 Å². The molecule has 5 aliphatic rings. The van der Waals surface area contributed by atoms with E-state index >= 15 is 0 Å². The van der Waals surface area contributed by atoms with Gasteiger partial charge < -0.3 is 0 Å². The standard InChI is InChI=1S/C31H31N3OS2/c35-29-27(37-30(36)33(29)12-11-21-7-3-1-4-8-21)16-25-20-34(26-9-5-2-6-10-26)32-28(25)31-17-22-13-23(18-31)15-24(14-22)19-31/h1-10,16,20,22-24H,11-15,17-19H2/b27-16-. The molecule has 0 N–H and O–H groups in total. The lowest BCUT2D eigenvalue weighted by molar-refractivity contribution is -0.122. The third kappa shape index (κ3) is 4.28. The largest absolute Gasteiger partial charge is 0.293 e. The summed E-state index contributed by atoms with van der Waals surface area (Å²) in [5.41, 5.74) is 4.71. The fraction of sp³-hybridized carbons (Fsp3) is 0.387. The van der Waals surface area contributed by atoms with Gasteiger partial charge in [0.1, 0.15) is 4.32 Å². The first kappa shape index (κ1) is 23.4. The first-order chi connectivity index (χ1) is 18.1. The van der Waals surface area contributed by atoms with Gasteiger partial charge in [0, 0.05) is 23.7 Å². The maximum atomic E-state index is 13.5. The number of amides is 1. The van der Waals surface area contributed by atoms with Crippen molar-refractivity contribution in [2.45, 2.75) is 50.4 Å². The number of nitrogens with zero attached hydrogens (tertiary/aromatic N) is 3. The molecule has 5 fully saturated rings. The van der Waals surface area contributed by atoms with Gasteiger partial charge in [0.25, 0.3) is 5.91 Å². The van der Waals surface area contributed by atoms with Gasteiger partial charge in [-0.25, -0.2) is 4.68 Å². The second kappa shape index (κ2) is 9.25. The van der Waals surface area contributed by atoms with E-state index in [2.05, 4.69) is 48.7 Å². The van der Waals surface area contributed by atoms with E-state index in [1.54, 1.807) is 4.90 Å². The molecule has 0 radical (unpaired) electrons. The number of rotatable bonds is 6. The summed E-state index contributed by atoms with van der Waals surface area (Å²) < 4.78 is 2.68. The van der Waals surface area contributed by atoms with Crippen LogP contribution in [0.1, 0.15) is 55.3 Å². The third-order valence-electron chi connectivity index (χ3n) is 8.93. The van der Waals surface area contributed by atoms with Gasteiger partial charge in [0.2, 0.25) is 0 Å². The molecule has 4 bridgehead atoms. The summed E-state index contributed by atoms with van der Waals surface area (Å²) in [6.07, 6.45) is 12.9. The van der Waals surface area contributed by atoms with Gasteiger partial charge in [-0.2, -0.15) is 5.10 Å². The molecule has 2 heterocycles. The molecule has 1 aromatic heterocycles. The highest BCUT2D eigenvalue weighted by Crippen LogP contribution is 2.61. The van der Waals surface area contributed by atoms with Crippen molar-refractivity contribution < 1.29 is 4.79 Å². The Labute approximate surface area is 228 Å². The Morgan fingerprint density at radius 3 is 2.22 bits per heavy atom. The van der Waals surface area contributed by atoms with Crippen LogP contribution in [-0.4, -0.2) is 31.5 Å². The smallest absolute Gasteiger partial charge is 0.266 e. The van der Waals surface area contributed by atoms with Crippen LogP contribution in [0.5, 0.6) is 0 Å². The Bertz CT molecular complexity index is 1340. The van der Waals surface area contributed by atoms with Crippen LogP contribution in [0.2, 0.25) is 0 Å². The number of benzene rings is 2. The molecule has 6 heteroatoms. The van der Waals surface area contributed by atoms with E-state index in [0.717, 1.165) is 40.3 Å².